The molecule has 0 fully saturated rings. The number of carbonyl (C=O) groups is 1. The molecule has 1 aromatic heterocycles. The van der Waals surface area contributed by atoms with Crippen molar-refractivity contribution in [1.82, 2.24) is 5.32 Å². The van der Waals surface area contributed by atoms with E-state index in [1.54, 1.807) is 0 Å². The van der Waals surface area contributed by atoms with Gasteiger partial charge in [0.15, 0.2) is 18.9 Å². The second-order valence-corrected chi connectivity index (χ2v) is 6.19. The second kappa shape index (κ2) is 9.88. The molecule has 1 amide bonds. The Labute approximate surface area is 165 Å². The fourth-order valence-corrected chi connectivity index (χ4v) is 2.79. The molecule has 0 radical (unpaired) electrons. The molecule has 0 aliphatic rings. The van der Waals surface area contributed by atoms with Gasteiger partial charge in [-0.25, -0.2) is 4.57 Å². The normalized spacial score (nSPS) is 10.2. The van der Waals surface area contributed by atoms with Gasteiger partial charge in [-0.1, -0.05) is 60.7 Å². The third-order valence-electron chi connectivity index (χ3n) is 4.23. The fourth-order valence-electron chi connectivity index (χ4n) is 2.79. The van der Waals surface area contributed by atoms with Gasteiger partial charge in [-0.15, -0.1) is 0 Å². The van der Waals surface area contributed by atoms with E-state index in [2.05, 4.69) is 24.4 Å². The molecule has 0 spiro atoms. The highest BCUT2D eigenvalue weighted by Gasteiger charge is 2.17. The number of amides is 1. The molecule has 134 valence electrons. The molecule has 3 aromatic rings. The molecule has 0 saturated heterocycles. The Morgan fingerprint density at radius 3 is 1.88 bits per heavy atom. The molecule has 0 aliphatic heterocycles. The molecular formula is C22H23BrN2O. The smallest absolute Gasteiger partial charge is 0.227 e. The molecule has 0 atom stereocenters. The summed E-state index contributed by atoms with van der Waals surface area (Å²) in [4.78, 5) is 12.5. The number of halogens is 1. The highest BCUT2D eigenvalue weighted by atomic mass is 79.9. The second-order valence-electron chi connectivity index (χ2n) is 6.19. The number of hydrogen-bond donors (Lipinski definition) is 1. The molecule has 4 heteroatoms. The Kier molecular flexibility index (Phi) is 7.54. The number of aromatic nitrogens is 1. The van der Waals surface area contributed by atoms with E-state index in [0.29, 0.717) is 13.0 Å². The molecule has 3 rings (SSSR count). The van der Waals surface area contributed by atoms with Crippen LogP contribution in [0.1, 0.15) is 29.2 Å². The quantitative estimate of drug-likeness (QED) is 0.592. The van der Waals surface area contributed by atoms with Crippen molar-refractivity contribution >= 4 is 5.91 Å². The van der Waals surface area contributed by atoms with Gasteiger partial charge in [0, 0.05) is 12.1 Å². The van der Waals surface area contributed by atoms with Crippen LogP contribution in [0.15, 0.2) is 85.2 Å². The van der Waals surface area contributed by atoms with E-state index in [-0.39, 0.29) is 28.9 Å². The average molecular weight is 411 g/mol. The van der Waals surface area contributed by atoms with Gasteiger partial charge >= 0.3 is 0 Å². The van der Waals surface area contributed by atoms with E-state index < -0.39 is 0 Å². The van der Waals surface area contributed by atoms with Crippen molar-refractivity contribution in [2.45, 2.75) is 25.9 Å². The minimum absolute atomic E-state index is 0. The van der Waals surface area contributed by atoms with Crippen molar-refractivity contribution in [3.05, 3.63) is 102 Å². The first kappa shape index (κ1) is 19.9. The number of carbonyl (C=O) groups excluding carboxylic acids is 1. The zero-order valence-corrected chi connectivity index (χ0v) is 16.4. The van der Waals surface area contributed by atoms with Crippen LogP contribution in [-0.4, -0.2) is 5.91 Å². The first-order valence-corrected chi connectivity index (χ1v) is 8.57. The number of nitrogens with zero attached hydrogens (tertiary/aromatic N) is 1. The monoisotopic (exact) mass is 410 g/mol. The van der Waals surface area contributed by atoms with Crippen molar-refractivity contribution in [3.8, 4) is 0 Å². The van der Waals surface area contributed by atoms with Crippen LogP contribution < -0.4 is 26.9 Å². The highest BCUT2D eigenvalue weighted by Crippen LogP contribution is 2.21. The lowest BCUT2D eigenvalue weighted by atomic mass is 9.98. The lowest BCUT2D eigenvalue weighted by Crippen LogP contribution is -3.00. The average Bonchev–Trinajstić information content (AvgIpc) is 2.67. The van der Waals surface area contributed by atoms with Crippen LogP contribution in [0.3, 0.4) is 0 Å². The van der Waals surface area contributed by atoms with Crippen molar-refractivity contribution < 1.29 is 26.3 Å². The van der Waals surface area contributed by atoms with E-state index in [1.807, 2.05) is 77.6 Å². The summed E-state index contributed by atoms with van der Waals surface area (Å²) in [7, 11) is 0. The lowest BCUT2D eigenvalue weighted by Gasteiger charge is -2.19. The molecule has 3 nitrogen and oxygen atoms in total. The fraction of sp³-hybridized carbons (Fsp3) is 0.182. The Morgan fingerprint density at radius 1 is 0.885 bits per heavy atom. The SMILES string of the molecule is Cc1cc[n+](CCC(=O)NC(c2ccccc2)c2ccccc2)cc1.[Br-]. The predicted molar refractivity (Wildman–Crippen MR) is 98.9 cm³/mol. The van der Waals surface area contributed by atoms with Crippen molar-refractivity contribution in [1.29, 1.82) is 0 Å². The molecule has 0 unspecified atom stereocenters. The van der Waals surface area contributed by atoms with Gasteiger partial charge in [-0.3, -0.25) is 4.79 Å². The summed E-state index contributed by atoms with van der Waals surface area (Å²) < 4.78 is 2.03. The zero-order chi connectivity index (χ0) is 17.5. The molecule has 1 N–H and O–H groups in total. The highest BCUT2D eigenvalue weighted by molar-refractivity contribution is 5.76. The third-order valence-corrected chi connectivity index (χ3v) is 4.23. The summed E-state index contributed by atoms with van der Waals surface area (Å²) in [5, 5.41) is 3.18. The van der Waals surface area contributed by atoms with Gasteiger partial charge in [-0.05, 0) is 23.6 Å². The van der Waals surface area contributed by atoms with E-state index in [4.69, 9.17) is 0 Å². The Balaban J connectivity index is 0.00000243. The van der Waals surface area contributed by atoms with Crippen LogP contribution >= 0.6 is 0 Å². The van der Waals surface area contributed by atoms with Gasteiger partial charge in [0.25, 0.3) is 0 Å². The maximum Gasteiger partial charge on any atom is 0.227 e. The van der Waals surface area contributed by atoms with Gasteiger partial charge in [0.1, 0.15) is 0 Å². The predicted octanol–water partition coefficient (Wildman–Crippen LogP) is 0.582. The Bertz CT molecular complexity index is 765. The number of hydrogen-bond acceptors (Lipinski definition) is 1. The number of rotatable bonds is 6. The molecule has 0 saturated carbocycles. The number of benzene rings is 2. The van der Waals surface area contributed by atoms with Crippen molar-refractivity contribution in [2.75, 3.05) is 0 Å². The summed E-state index contributed by atoms with van der Waals surface area (Å²) in [6.07, 6.45) is 4.47. The van der Waals surface area contributed by atoms with Crippen molar-refractivity contribution in [3.63, 3.8) is 0 Å². The van der Waals surface area contributed by atoms with Crippen molar-refractivity contribution in [2.24, 2.45) is 0 Å². The van der Waals surface area contributed by atoms with Gasteiger partial charge < -0.3 is 22.3 Å². The largest absolute Gasteiger partial charge is 1.00 e. The number of pyridine rings is 1. The summed E-state index contributed by atoms with van der Waals surface area (Å²) >= 11 is 0. The summed E-state index contributed by atoms with van der Waals surface area (Å²) in [5.41, 5.74) is 3.39. The topological polar surface area (TPSA) is 33.0 Å². The summed E-state index contributed by atoms with van der Waals surface area (Å²) in [6, 6.07) is 24.1. The molecular weight excluding hydrogens is 388 g/mol. The zero-order valence-electron chi connectivity index (χ0n) is 14.8. The van der Waals surface area contributed by atoms with Gasteiger partial charge in [0.05, 0.1) is 12.5 Å². The Morgan fingerprint density at radius 2 is 1.38 bits per heavy atom. The van der Waals surface area contributed by atoms with E-state index in [0.717, 1.165) is 11.1 Å². The maximum absolute atomic E-state index is 12.5. The standard InChI is InChI=1S/C22H22N2O.BrH/c1-18-12-15-24(16-13-18)17-14-21(25)23-22(19-8-4-2-5-9-19)20-10-6-3-7-11-20;/h2-13,15-16,22H,14,17H2,1H3;1H. The van der Waals surface area contributed by atoms with Crippen LogP contribution in [0.4, 0.5) is 0 Å². The minimum Gasteiger partial charge on any atom is -1.00 e. The van der Waals surface area contributed by atoms with Gasteiger partial charge in [-0.2, -0.15) is 0 Å². The maximum atomic E-state index is 12.5. The van der Waals surface area contributed by atoms with Crippen LogP contribution in [0, 0.1) is 6.92 Å². The lowest BCUT2D eigenvalue weighted by molar-refractivity contribution is -0.695. The molecule has 1 heterocycles. The third kappa shape index (κ3) is 5.53. The molecule has 0 aliphatic carbocycles. The minimum atomic E-state index is -0.127. The van der Waals surface area contributed by atoms with Crippen LogP contribution in [0.5, 0.6) is 0 Å². The van der Waals surface area contributed by atoms with Gasteiger partial charge in [0.2, 0.25) is 5.91 Å². The Hall–Kier alpha value is -2.46. The van der Waals surface area contributed by atoms with E-state index >= 15 is 0 Å². The summed E-state index contributed by atoms with van der Waals surface area (Å²) in [6.45, 7) is 2.73. The number of aryl methyl sites for hydroxylation is 2. The first-order chi connectivity index (χ1) is 12.2. The van der Waals surface area contributed by atoms with Crippen LogP contribution in [-0.2, 0) is 11.3 Å². The first-order valence-electron chi connectivity index (χ1n) is 8.57. The van der Waals surface area contributed by atoms with E-state index in [9.17, 15) is 4.79 Å². The molecule has 26 heavy (non-hydrogen) atoms. The summed E-state index contributed by atoms with van der Waals surface area (Å²) in [5.74, 6) is 0.0470. The van der Waals surface area contributed by atoms with Crippen LogP contribution in [0.25, 0.3) is 0 Å². The van der Waals surface area contributed by atoms with Crippen LogP contribution in [0.2, 0.25) is 0 Å². The number of nitrogens with one attached hydrogen (secondary N) is 1. The molecule has 2 aromatic carbocycles. The molecule has 0 bridgehead atoms. The van der Waals surface area contributed by atoms with E-state index in [1.165, 1.54) is 5.56 Å².